The fourth-order valence-electron chi connectivity index (χ4n) is 1.86. The lowest BCUT2D eigenvalue weighted by Crippen LogP contribution is -2.28. The van der Waals surface area contributed by atoms with E-state index in [1.54, 1.807) is 0 Å². The van der Waals surface area contributed by atoms with Crippen LogP contribution >= 0.6 is 22.6 Å². The maximum atomic E-state index is 10.3. The van der Waals surface area contributed by atoms with E-state index in [1.807, 2.05) is 36.4 Å². The molecule has 0 atom stereocenters. The molecule has 0 unspecified atom stereocenters. The van der Waals surface area contributed by atoms with Gasteiger partial charge in [-0.05, 0) is 60.2 Å². The molecule has 1 amide bonds. The number of nitrogens with one attached hydrogen (secondary N) is 1. The van der Waals surface area contributed by atoms with Gasteiger partial charge in [-0.25, -0.2) is 4.79 Å². The molecule has 6 heteroatoms. The summed E-state index contributed by atoms with van der Waals surface area (Å²) in [6.45, 7) is 3.61. The number of halogens is 1. The molecule has 0 aromatic heterocycles. The first-order valence-electron chi connectivity index (χ1n) is 7.65. The second-order valence-corrected chi connectivity index (χ2v) is 6.47. The Morgan fingerprint density at radius 3 is 2.42 bits per heavy atom. The fourth-order valence-corrected chi connectivity index (χ4v) is 2.47. The minimum absolute atomic E-state index is 0.120. The van der Waals surface area contributed by atoms with Crippen LogP contribution in [0.15, 0.2) is 54.6 Å². The third kappa shape index (κ3) is 9.49. The number of amides is 1. The molecule has 0 aliphatic heterocycles. The summed E-state index contributed by atoms with van der Waals surface area (Å²) in [6, 6.07) is 18.4. The van der Waals surface area contributed by atoms with Crippen LogP contribution in [-0.4, -0.2) is 34.6 Å². The third-order valence-electron chi connectivity index (χ3n) is 3.10. The molecule has 0 aliphatic rings. The Kier molecular flexibility index (Phi) is 10.1. The van der Waals surface area contributed by atoms with Gasteiger partial charge in [0.2, 0.25) is 0 Å². The molecule has 5 nitrogen and oxygen atoms in total. The molecular weight excluding hydrogens is 419 g/mol. The first-order chi connectivity index (χ1) is 11.5. The highest BCUT2D eigenvalue weighted by Gasteiger charge is 2.05. The molecule has 2 aromatic rings. The van der Waals surface area contributed by atoms with Crippen LogP contribution in [0.25, 0.3) is 0 Å². The largest absolute Gasteiger partial charge is 0.463 e. The van der Waals surface area contributed by atoms with Gasteiger partial charge >= 0.3 is 6.09 Å². The molecule has 2 aromatic carbocycles. The van der Waals surface area contributed by atoms with Crippen molar-refractivity contribution < 1.29 is 15.1 Å². The number of nitrogens with zero attached hydrogens (tertiary/aromatic N) is 1. The highest BCUT2D eigenvalue weighted by molar-refractivity contribution is 14.1. The topological polar surface area (TPSA) is 72.8 Å². The predicted octanol–water partition coefficient (Wildman–Crippen LogP) is 4.14. The molecule has 2 rings (SSSR count). The monoisotopic (exact) mass is 442 g/mol. The van der Waals surface area contributed by atoms with Crippen LogP contribution in [0.3, 0.4) is 0 Å². The van der Waals surface area contributed by atoms with Gasteiger partial charge < -0.3 is 10.4 Å². The summed E-state index contributed by atoms with van der Waals surface area (Å²) in [5.41, 5.74) is 2.51. The average molecular weight is 442 g/mol. The Balaban J connectivity index is 0.000000341. The third-order valence-corrected chi connectivity index (χ3v) is 3.77. The summed E-state index contributed by atoms with van der Waals surface area (Å²) in [6.07, 6.45) is -0.741. The summed E-state index contributed by atoms with van der Waals surface area (Å²) in [5.74, 6) is 0. The quantitative estimate of drug-likeness (QED) is 0.272. The second-order valence-electron chi connectivity index (χ2n) is 5.22. The lowest BCUT2D eigenvalue weighted by atomic mass is 10.2. The maximum Gasteiger partial charge on any atom is 0.431 e. The van der Waals surface area contributed by atoms with Crippen molar-refractivity contribution in [3.8, 4) is 0 Å². The van der Waals surface area contributed by atoms with Gasteiger partial charge in [0.05, 0.1) is 6.54 Å². The Bertz CT molecular complexity index is 608. The van der Waals surface area contributed by atoms with E-state index < -0.39 is 6.09 Å². The van der Waals surface area contributed by atoms with E-state index in [-0.39, 0.29) is 6.54 Å². The van der Waals surface area contributed by atoms with Crippen molar-refractivity contribution >= 4 is 28.7 Å². The lowest BCUT2D eigenvalue weighted by Gasteiger charge is -2.10. The van der Waals surface area contributed by atoms with Gasteiger partial charge in [0.1, 0.15) is 0 Å². The molecule has 3 N–H and O–H groups in total. The summed E-state index contributed by atoms with van der Waals surface area (Å²) >= 11 is 2.26. The highest BCUT2D eigenvalue weighted by atomic mass is 127. The standard InChI is InChI=1S/C11H15IN2O3.C7H8/c12-10-4-1-3-9(7-10)8-13-5-2-6-14(17)11(15)16;1-7-5-3-2-4-6-7/h1,3-4,7,13,17H,2,5-6,8H2,(H,15,16);2-6H,1H3. The Hall–Kier alpha value is -1.64. The first kappa shape index (κ1) is 20.4. The van der Waals surface area contributed by atoms with Gasteiger partial charge in [0, 0.05) is 10.1 Å². The number of carbonyl (C=O) groups is 1. The molecule has 0 aliphatic carbocycles. The Morgan fingerprint density at radius 2 is 1.88 bits per heavy atom. The van der Waals surface area contributed by atoms with E-state index in [4.69, 9.17) is 10.3 Å². The Labute approximate surface area is 156 Å². The predicted molar refractivity (Wildman–Crippen MR) is 103 cm³/mol. The second kappa shape index (κ2) is 11.8. The smallest absolute Gasteiger partial charge is 0.431 e. The van der Waals surface area contributed by atoms with Crippen LogP contribution in [0, 0.1) is 10.5 Å². The van der Waals surface area contributed by atoms with Gasteiger partial charge in [0.15, 0.2) is 0 Å². The van der Waals surface area contributed by atoms with Crippen molar-refractivity contribution in [3.05, 3.63) is 69.3 Å². The fraction of sp³-hybridized carbons (Fsp3) is 0.278. The van der Waals surface area contributed by atoms with Crippen molar-refractivity contribution in [2.45, 2.75) is 19.9 Å². The Morgan fingerprint density at radius 1 is 1.17 bits per heavy atom. The summed E-state index contributed by atoms with van der Waals surface area (Å²) < 4.78 is 1.19. The molecule has 0 fully saturated rings. The van der Waals surface area contributed by atoms with Crippen molar-refractivity contribution in [2.24, 2.45) is 0 Å². The zero-order chi connectivity index (χ0) is 17.8. The number of aryl methyl sites for hydroxylation is 1. The van der Waals surface area contributed by atoms with E-state index in [9.17, 15) is 4.79 Å². The van der Waals surface area contributed by atoms with E-state index in [1.165, 1.54) is 14.7 Å². The molecule has 0 heterocycles. The number of carboxylic acid groups (broad SMARTS) is 1. The minimum atomic E-state index is -1.32. The first-order valence-corrected chi connectivity index (χ1v) is 8.73. The number of rotatable bonds is 6. The van der Waals surface area contributed by atoms with Gasteiger partial charge in [0.25, 0.3) is 0 Å². The van der Waals surface area contributed by atoms with E-state index in [2.05, 4.69) is 53.0 Å². The molecule has 24 heavy (non-hydrogen) atoms. The summed E-state index contributed by atoms with van der Waals surface area (Å²) in [7, 11) is 0. The highest BCUT2D eigenvalue weighted by Crippen LogP contribution is 2.07. The number of benzene rings is 2. The number of hydroxylamine groups is 2. The van der Waals surface area contributed by atoms with Gasteiger partial charge in [-0.2, -0.15) is 5.06 Å². The molecule has 0 spiro atoms. The molecule has 0 radical (unpaired) electrons. The van der Waals surface area contributed by atoms with Crippen molar-refractivity contribution in [2.75, 3.05) is 13.1 Å². The van der Waals surface area contributed by atoms with Crippen LogP contribution in [0.2, 0.25) is 0 Å². The molecule has 0 saturated heterocycles. The SMILES string of the molecule is Cc1ccccc1.O=C(O)N(O)CCCNCc1cccc(I)c1. The van der Waals surface area contributed by atoms with Crippen molar-refractivity contribution in [3.63, 3.8) is 0 Å². The lowest BCUT2D eigenvalue weighted by molar-refractivity contribution is -0.0640. The van der Waals surface area contributed by atoms with E-state index >= 15 is 0 Å². The zero-order valence-electron chi connectivity index (χ0n) is 13.7. The van der Waals surface area contributed by atoms with Crippen molar-refractivity contribution in [1.82, 2.24) is 10.4 Å². The molecule has 130 valence electrons. The number of hydrogen-bond acceptors (Lipinski definition) is 3. The molecule has 0 bridgehead atoms. The molecule has 0 saturated carbocycles. The molecular formula is C18H23IN2O3. The number of hydrogen-bond donors (Lipinski definition) is 3. The van der Waals surface area contributed by atoms with Crippen LogP contribution in [0.5, 0.6) is 0 Å². The van der Waals surface area contributed by atoms with Crippen LogP contribution < -0.4 is 5.32 Å². The van der Waals surface area contributed by atoms with E-state index in [0.717, 1.165) is 6.54 Å². The minimum Gasteiger partial charge on any atom is -0.463 e. The van der Waals surface area contributed by atoms with Crippen LogP contribution in [0.4, 0.5) is 4.79 Å². The van der Waals surface area contributed by atoms with Crippen LogP contribution in [0.1, 0.15) is 17.5 Å². The summed E-state index contributed by atoms with van der Waals surface area (Å²) in [4.78, 5) is 10.3. The maximum absolute atomic E-state index is 10.3. The average Bonchev–Trinajstić information content (AvgIpc) is 2.55. The van der Waals surface area contributed by atoms with E-state index in [0.29, 0.717) is 18.0 Å². The summed E-state index contributed by atoms with van der Waals surface area (Å²) in [5, 5.41) is 20.8. The van der Waals surface area contributed by atoms with Gasteiger partial charge in [-0.1, -0.05) is 48.0 Å². The normalized spacial score (nSPS) is 9.79. The van der Waals surface area contributed by atoms with Gasteiger partial charge in [-0.15, -0.1) is 0 Å². The zero-order valence-corrected chi connectivity index (χ0v) is 15.8. The van der Waals surface area contributed by atoms with Gasteiger partial charge in [-0.3, -0.25) is 5.21 Å². The van der Waals surface area contributed by atoms with Crippen LogP contribution in [-0.2, 0) is 6.54 Å². The van der Waals surface area contributed by atoms with Crippen molar-refractivity contribution in [1.29, 1.82) is 0 Å².